The first-order chi connectivity index (χ1) is 3.27. The molecule has 0 aliphatic rings. The number of halogens is 1. The molecule has 0 atom stereocenters. The number of alkyl halides is 1. The van der Waals surface area contributed by atoms with Gasteiger partial charge in [0.1, 0.15) is 0 Å². The fourth-order valence-electron chi connectivity index (χ4n) is 0.153. The van der Waals surface area contributed by atoms with E-state index in [1.165, 1.54) is 3.58 Å². The fraction of sp³-hybridized carbons (Fsp3) is 0.500. The van der Waals surface area contributed by atoms with Crippen LogP contribution in [0, 0.1) is 0 Å². The Morgan fingerprint density at radius 1 is 2.00 bits per heavy atom. The van der Waals surface area contributed by atoms with E-state index in [0.29, 0.717) is 0 Å². The van der Waals surface area contributed by atoms with Crippen molar-refractivity contribution >= 4 is 0 Å². The first-order valence-electron chi connectivity index (χ1n) is 1.95. The Hall–Kier alpha value is 0.390. The van der Waals surface area contributed by atoms with Crippen LogP contribution in [0.2, 0.25) is 0 Å². The summed E-state index contributed by atoms with van der Waals surface area (Å²) in [6.07, 6.45) is 0. The average molecular weight is 213 g/mol. The predicted octanol–water partition coefficient (Wildman–Crippen LogP) is -2.97. The van der Waals surface area contributed by atoms with E-state index >= 15 is 0 Å². The zero-order valence-corrected chi connectivity index (χ0v) is 6.53. The summed E-state index contributed by atoms with van der Waals surface area (Å²) in [5.74, 6) is 5.01. The van der Waals surface area contributed by atoms with Crippen molar-refractivity contribution in [3.63, 3.8) is 0 Å². The Bertz CT molecular complexity index is 62.7. The average Bonchev–Trinajstić information content (AvgIpc) is 1.61. The molecule has 0 unspecified atom stereocenters. The number of allylic oxidation sites excluding steroid dienone is 1. The maximum atomic E-state index is 5.01. The molecule has 7 heavy (non-hydrogen) atoms. The van der Waals surface area contributed by atoms with Gasteiger partial charge in [-0.15, -0.1) is 0 Å². The molecule has 0 spiro atoms. The van der Waals surface area contributed by atoms with Gasteiger partial charge in [0.15, 0.2) is 0 Å². The number of nitrogens with two attached hydrogens (primary N) is 1. The van der Waals surface area contributed by atoms with Gasteiger partial charge >= 0.3 is 54.1 Å². The van der Waals surface area contributed by atoms with Crippen molar-refractivity contribution in [3.05, 3.63) is 10.2 Å². The van der Waals surface area contributed by atoms with E-state index in [0.717, 1.165) is 4.55 Å². The number of hydrogen-bond acceptors (Lipinski definition) is 2. The van der Waals surface area contributed by atoms with Crippen LogP contribution in [0.5, 0.6) is 0 Å². The molecule has 0 aliphatic carbocycles. The molecule has 3 heteroatoms. The van der Waals surface area contributed by atoms with E-state index in [1.54, 1.807) is 0 Å². The van der Waals surface area contributed by atoms with Gasteiger partial charge in [-0.3, -0.25) is 0 Å². The summed E-state index contributed by atoms with van der Waals surface area (Å²) in [6, 6.07) is 0. The zero-order valence-electron chi connectivity index (χ0n) is 4.37. The first-order valence-corrected chi connectivity index (χ1v) is 4.56. The molecule has 0 bridgehead atoms. The fourth-order valence-corrected chi connectivity index (χ4v) is 1.02. The molecule has 0 aromatic carbocycles. The van der Waals surface area contributed by atoms with Crippen molar-refractivity contribution in [2.24, 2.45) is 5.84 Å². The summed E-state index contributed by atoms with van der Waals surface area (Å²) in [5, 5.41) is 0. The van der Waals surface area contributed by atoms with Crippen molar-refractivity contribution < 1.29 is 21.2 Å². The summed E-state index contributed by atoms with van der Waals surface area (Å²) in [6.45, 7) is 5.78. The third kappa shape index (κ3) is 6.39. The summed E-state index contributed by atoms with van der Waals surface area (Å²) >= 11 is 0.135. The van der Waals surface area contributed by atoms with Crippen LogP contribution in [0.25, 0.3) is 0 Å². The summed E-state index contributed by atoms with van der Waals surface area (Å²) in [4.78, 5) is 0. The quantitative estimate of drug-likeness (QED) is 0.173. The minimum atomic E-state index is 0.135. The molecule has 2 nitrogen and oxygen atoms in total. The van der Waals surface area contributed by atoms with E-state index in [9.17, 15) is 0 Å². The van der Waals surface area contributed by atoms with Gasteiger partial charge in [-0.25, -0.2) is 0 Å². The van der Waals surface area contributed by atoms with E-state index < -0.39 is 0 Å². The molecule has 0 heterocycles. The molecule has 44 valence electrons. The van der Waals surface area contributed by atoms with Gasteiger partial charge in [0.2, 0.25) is 0 Å². The Labute approximate surface area is 54.4 Å². The van der Waals surface area contributed by atoms with Gasteiger partial charge in [-0.2, -0.15) is 0 Å². The van der Waals surface area contributed by atoms with Crippen molar-refractivity contribution in [3.8, 4) is 0 Å². The summed E-state index contributed by atoms with van der Waals surface area (Å²) in [7, 11) is 0. The second kappa shape index (κ2) is 4.55. The number of nitrogens with one attached hydrogen (secondary N) is 1. The molecule has 0 saturated carbocycles. The van der Waals surface area contributed by atoms with Crippen molar-refractivity contribution in [2.45, 2.75) is 6.92 Å². The molecule has 0 radical (unpaired) electrons. The van der Waals surface area contributed by atoms with Crippen LogP contribution in [0.15, 0.2) is 10.2 Å². The number of rotatable bonds is 3. The zero-order chi connectivity index (χ0) is 5.70. The molecule has 0 saturated heterocycles. The van der Waals surface area contributed by atoms with Crippen LogP contribution in [0.1, 0.15) is 6.92 Å². The standard InChI is InChI=1S/C4H10IN2/c1-4(2)5-3-7-6/h7H,1,3,6H2,2H3/q-1. The molecule has 3 N–H and O–H groups in total. The van der Waals surface area contributed by atoms with Crippen LogP contribution in [0.3, 0.4) is 0 Å². The van der Waals surface area contributed by atoms with Crippen LogP contribution in [-0.2, 0) is 0 Å². The SMILES string of the molecule is C=C(C)[I-]CNN. The second-order valence-electron chi connectivity index (χ2n) is 1.15. The minimum absolute atomic E-state index is 0.135. The maximum absolute atomic E-state index is 5.01. The van der Waals surface area contributed by atoms with Gasteiger partial charge in [-0.1, -0.05) is 0 Å². The number of hydrogen-bond donors (Lipinski definition) is 2. The van der Waals surface area contributed by atoms with Crippen LogP contribution < -0.4 is 32.5 Å². The Morgan fingerprint density at radius 2 is 2.57 bits per heavy atom. The molecule has 0 rings (SSSR count). The van der Waals surface area contributed by atoms with E-state index in [2.05, 4.69) is 12.0 Å². The topological polar surface area (TPSA) is 38.0 Å². The van der Waals surface area contributed by atoms with Gasteiger partial charge in [0, 0.05) is 0 Å². The molecular formula is C4H10IN2-. The van der Waals surface area contributed by atoms with Gasteiger partial charge < -0.3 is 0 Å². The molecule has 0 aromatic rings. The molecule has 0 amide bonds. The van der Waals surface area contributed by atoms with Crippen LogP contribution in [0.4, 0.5) is 0 Å². The van der Waals surface area contributed by atoms with Crippen LogP contribution in [-0.4, -0.2) is 4.55 Å². The van der Waals surface area contributed by atoms with Gasteiger partial charge in [0.05, 0.1) is 0 Å². The van der Waals surface area contributed by atoms with E-state index in [4.69, 9.17) is 5.84 Å². The first kappa shape index (κ1) is 7.39. The molecule has 0 aromatic heterocycles. The number of hydrazine groups is 1. The van der Waals surface area contributed by atoms with Crippen molar-refractivity contribution in [2.75, 3.05) is 4.55 Å². The van der Waals surface area contributed by atoms with Crippen LogP contribution >= 0.6 is 0 Å². The summed E-state index contributed by atoms with van der Waals surface area (Å²) < 4.78 is 2.21. The van der Waals surface area contributed by atoms with Crippen molar-refractivity contribution in [1.82, 2.24) is 5.43 Å². The molecular weight excluding hydrogens is 203 g/mol. The Morgan fingerprint density at radius 3 is 2.71 bits per heavy atom. The predicted molar refractivity (Wildman–Crippen MR) is 27.0 cm³/mol. The van der Waals surface area contributed by atoms with E-state index in [-0.39, 0.29) is 21.2 Å². The monoisotopic (exact) mass is 213 g/mol. The Kier molecular flexibility index (Phi) is 4.80. The third-order valence-electron chi connectivity index (χ3n) is 0.372. The molecule has 0 fully saturated rings. The van der Waals surface area contributed by atoms with Gasteiger partial charge in [-0.05, 0) is 0 Å². The van der Waals surface area contributed by atoms with Crippen molar-refractivity contribution in [1.29, 1.82) is 0 Å². The Balaban J connectivity index is 2.82. The third-order valence-corrected chi connectivity index (χ3v) is 2.50. The second-order valence-corrected chi connectivity index (χ2v) is 4.51. The van der Waals surface area contributed by atoms with E-state index in [1.807, 2.05) is 6.92 Å². The molecule has 0 aliphatic heterocycles. The summed E-state index contributed by atoms with van der Waals surface area (Å²) in [5.41, 5.74) is 2.59. The van der Waals surface area contributed by atoms with Gasteiger partial charge in [0.25, 0.3) is 0 Å². The normalized spacial score (nSPS) is 9.43.